The summed E-state index contributed by atoms with van der Waals surface area (Å²) in [5.41, 5.74) is 12.7. The first-order valence-corrected chi connectivity index (χ1v) is 19.5. The Morgan fingerprint density at radius 1 is 0.706 bits per heavy atom. The minimum absolute atomic E-state index is 0.349. The van der Waals surface area contributed by atoms with E-state index in [2.05, 4.69) is 107 Å². The van der Waals surface area contributed by atoms with E-state index in [4.69, 9.17) is 21.6 Å². The highest BCUT2D eigenvalue weighted by Crippen LogP contribution is 2.32. The van der Waals surface area contributed by atoms with E-state index < -0.39 is 0 Å². The zero-order chi connectivity index (χ0) is 34.9. The van der Waals surface area contributed by atoms with Gasteiger partial charge >= 0.3 is 0 Å². The lowest BCUT2D eigenvalue weighted by Crippen LogP contribution is -2.23. The summed E-state index contributed by atoms with van der Waals surface area (Å²) in [4.78, 5) is 13.0. The van der Waals surface area contributed by atoms with Gasteiger partial charge in [0.15, 0.2) is 0 Å². The van der Waals surface area contributed by atoms with Crippen molar-refractivity contribution < 1.29 is 0 Å². The van der Waals surface area contributed by atoms with Crippen molar-refractivity contribution in [2.24, 2.45) is 5.92 Å². The van der Waals surface area contributed by atoms with Crippen molar-refractivity contribution in [1.82, 2.24) is 29.3 Å². The van der Waals surface area contributed by atoms with E-state index in [1.165, 1.54) is 88.4 Å². The summed E-state index contributed by atoms with van der Waals surface area (Å²) >= 11 is 6.24. The number of hydrogen-bond acceptors (Lipinski definition) is 4. The molecule has 8 rings (SSSR count). The van der Waals surface area contributed by atoms with Crippen molar-refractivity contribution in [3.63, 3.8) is 0 Å². The maximum absolute atomic E-state index is 6.24. The zero-order valence-corrected chi connectivity index (χ0v) is 31.2. The van der Waals surface area contributed by atoms with E-state index in [1.807, 2.05) is 12.1 Å². The molecule has 0 bridgehead atoms. The molecule has 2 aliphatic rings. The lowest BCUT2D eigenvalue weighted by molar-refractivity contribution is 0.339. The van der Waals surface area contributed by atoms with Gasteiger partial charge in [0, 0.05) is 43.5 Å². The summed E-state index contributed by atoms with van der Waals surface area (Å²) in [5.74, 6) is 2.97. The molecule has 6 aromatic rings. The van der Waals surface area contributed by atoms with Gasteiger partial charge in [-0.05, 0) is 148 Å². The van der Waals surface area contributed by atoms with E-state index in [9.17, 15) is 0 Å². The van der Waals surface area contributed by atoms with Crippen molar-refractivity contribution >= 4 is 33.7 Å². The maximum Gasteiger partial charge on any atom is 0.111 e. The Kier molecular flexibility index (Phi) is 10.0. The molecule has 7 heteroatoms. The average molecular weight is 699 g/mol. The van der Waals surface area contributed by atoms with E-state index in [0.717, 1.165) is 67.9 Å². The van der Waals surface area contributed by atoms with Gasteiger partial charge in [0.25, 0.3) is 0 Å². The molecule has 2 unspecified atom stereocenters. The molecule has 2 saturated heterocycles. The van der Waals surface area contributed by atoms with Crippen LogP contribution in [0.1, 0.15) is 83.2 Å². The number of halogens is 1. The summed E-state index contributed by atoms with van der Waals surface area (Å²) in [5, 5.41) is 4.74. The van der Waals surface area contributed by atoms with Crippen LogP contribution in [0.2, 0.25) is 5.02 Å². The fourth-order valence-corrected chi connectivity index (χ4v) is 8.60. The molecule has 0 amide bonds. The standard InChI is InChI=1S/C44H51ClN6/c1-30-10-11-35(29-50-41-9-5-4-8-39(41)47-43(50)19-23-49-21-6-7-22-49)26-37(30)38-17-14-33(18-20-46-38)27-44-48-40-24-31(2)32(3)25-42(40)51(44)28-34-12-15-36(45)16-13-34/h4-5,8-13,15-16,24-26,33,38,46H,6-7,14,17-23,27-29H2,1-3H3. The van der Waals surface area contributed by atoms with Gasteiger partial charge < -0.3 is 19.4 Å². The Morgan fingerprint density at radius 3 is 2.27 bits per heavy atom. The van der Waals surface area contributed by atoms with Gasteiger partial charge in [0.2, 0.25) is 0 Å². The second-order valence-electron chi connectivity index (χ2n) is 15.2. The van der Waals surface area contributed by atoms with Crippen LogP contribution < -0.4 is 5.32 Å². The molecule has 1 N–H and O–H groups in total. The first-order valence-electron chi connectivity index (χ1n) is 19.1. The van der Waals surface area contributed by atoms with Crippen molar-refractivity contribution in [3.8, 4) is 0 Å². The quantitative estimate of drug-likeness (QED) is 0.155. The highest BCUT2D eigenvalue weighted by atomic mass is 35.5. The predicted molar refractivity (Wildman–Crippen MR) is 211 cm³/mol. The summed E-state index contributed by atoms with van der Waals surface area (Å²) in [7, 11) is 0. The summed E-state index contributed by atoms with van der Waals surface area (Å²) in [6.45, 7) is 12.9. The van der Waals surface area contributed by atoms with Crippen LogP contribution in [0, 0.1) is 26.7 Å². The second-order valence-corrected chi connectivity index (χ2v) is 15.6. The van der Waals surface area contributed by atoms with Crippen LogP contribution in [0.5, 0.6) is 0 Å². The number of nitrogens with one attached hydrogen (secondary N) is 1. The van der Waals surface area contributed by atoms with Gasteiger partial charge in [-0.25, -0.2) is 9.97 Å². The minimum Gasteiger partial charge on any atom is -0.323 e. The third-order valence-corrected chi connectivity index (χ3v) is 11.9. The van der Waals surface area contributed by atoms with E-state index in [0.29, 0.717) is 12.0 Å². The van der Waals surface area contributed by atoms with Crippen LogP contribution >= 0.6 is 11.6 Å². The smallest absolute Gasteiger partial charge is 0.111 e. The molecule has 4 aromatic carbocycles. The first-order chi connectivity index (χ1) is 24.9. The number of aryl methyl sites for hydroxylation is 3. The monoisotopic (exact) mass is 698 g/mol. The van der Waals surface area contributed by atoms with Gasteiger partial charge in [-0.15, -0.1) is 0 Å². The molecule has 0 radical (unpaired) electrons. The van der Waals surface area contributed by atoms with Gasteiger partial charge in [-0.3, -0.25) is 0 Å². The molecule has 264 valence electrons. The molecule has 2 fully saturated rings. The van der Waals surface area contributed by atoms with E-state index in [-0.39, 0.29) is 0 Å². The topological polar surface area (TPSA) is 50.9 Å². The lowest BCUT2D eigenvalue weighted by atomic mass is 9.91. The van der Waals surface area contributed by atoms with E-state index >= 15 is 0 Å². The van der Waals surface area contributed by atoms with E-state index in [1.54, 1.807) is 0 Å². The van der Waals surface area contributed by atoms with Crippen molar-refractivity contribution in [1.29, 1.82) is 0 Å². The third kappa shape index (κ3) is 7.51. The van der Waals surface area contributed by atoms with Gasteiger partial charge in [-0.2, -0.15) is 0 Å². The number of rotatable bonds is 10. The first kappa shape index (κ1) is 34.1. The molecular weight excluding hydrogens is 648 g/mol. The number of para-hydroxylation sites is 2. The lowest BCUT2D eigenvalue weighted by Gasteiger charge is -2.21. The molecule has 0 saturated carbocycles. The number of likely N-dealkylation sites (tertiary alicyclic amines) is 1. The normalized spacial score (nSPS) is 18.6. The Morgan fingerprint density at radius 2 is 1.43 bits per heavy atom. The zero-order valence-electron chi connectivity index (χ0n) is 30.5. The number of benzene rings is 4. The Bertz CT molecular complexity index is 2140. The molecule has 2 aliphatic heterocycles. The third-order valence-electron chi connectivity index (χ3n) is 11.6. The Labute approximate surface area is 307 Å². The fourth-order valence-electron chi connectivity index (χ4n) is 8.48. The van der Waals surface area contributed by atoms with Gasteiger partial charge in [-0.1, -0.05) is 54.1 Å². The van der Waals surface area contributed by atoms with Gasteiger partial charge in [0.05, 0.1) is 22.1 Å². The molecular formula is C44H51ClN6. The van der Waals surface area contributed by atoms with Crippen LogP contribution in [0.3, 0.4) is 0 Å². The molecule has 6 nitrogen and oxygen atoms in total. The summed E-state index contributed by atoms with van der Waals surface area (Å²) < 4.78 is 4.92. The Balaban J connectivity index is 1.00. The number of aromatic nitrogens is 4. The summed E-state index contributed by atoms with van der Waals surface area (Å²) in [6.07, 6.45) is 8.08. The maximum atomic E-state index is 6.24. The van der Waals surface area contributed by atoms with Crippen LogP contribution in [0.4, 0.5) is 0 Å². The van der Waals surface area contributed by atoms with Crippen molar-refractivity contribution in [2.45, 2.75) is 84.8 Å². The molecule has 0 aliphatic carbocycles. The minimum atomic E-state index is 0.349. The SMILES string of the molecule is Cc1cc2nc(CC3CCNC(c4cc(Cn5c(CCN6CCCC6)nc6ccccc65)ccc4C)CC3)n(Cc3ccc(Cl)cc3)c2cc1C. The summed E-state index contributed by atoms with van der Waals surface area (Å²) in [6, 6.07) is 29.0. The fraction of sp³-hybridized carbons (Fsp3) is 0.409. The molecule has 2 aromatic heterocycles. The second kappa shape index (κ2) is 14.9. The average Bonchev–Trinajstić information content (AvgIpc) is 3.80. The number of fused-ring (bicyclic) bond motifs is 2. The Hall–Kier alpha value is -3.97. The van der Waals surface area contributed by atoms with Crippen LogP contribution in [0.15, 0.2) is 78.9 Å². The highest BCUT2D eigenvalue weighted by Gasteiger charge is 2.24. The number of hydrogen-bond donors (Lipinski definition) is 1. The van der Waals surface area contributed by atoms with Crippen LogP contribution in [0.25, 0.3) is 22.1 Å². The molecule has 2 atom stereocenters. The number of nitrogens with zero attached hydrogens (tertiary/aromatic N) is 5. The highest BCUT2D eigenvalue weighted by molar-refractivity contribution is 6.30. The van der Waals surface area contributed by atoms with Gasteiger partial charge in [0.1, 0.15) is 11.6 Å². The predicted octanol–water partition coefficient (Wildman–Crippen LogP) is 9.37. The van der Waals surface area contributed by atoms with Crippen molar-refractivity contribution in [2.75, 3.05) is 26.2 Å². The van der Waals surface area contributed by atoms with Crippen LogP contribution in [-0.2, 0) is 25.9 Å². The molecule has 4 heterocycles. The molecule has 51 heavy (non-hydrogen) atoms. The number of imidazole rings is 2. The van der Waals surface area contributed by atoms with Crippen LogP contribution in [-0.4, -0.2) is 50.2 Å². The molecule has 0 spiro atoms. The largest absolute Gasteiger partial charge is 0.323 e. The van der Waals surface area contributed by atoms with Crippen molar-refractivity contribution in [3.05, 3.63) is 129 Å².